The zero-order chi connectivity index (χ0) is 9.47. The number of β-lactam (4-membered cyclic amide) rings is 1. The molecule has 2 aliphatic rings. The summed E-state index contributed by atoms with van der Waals surface area (Å²) < 4.78 is 0. The highest BCUT2D eigenvalue weighted by Gasteiger charge is 2.46. The molecule has 1 amide bonds. The fourth-order valence-corrected chi connectivity index (χ4v) is 2.17. The van der Waals surface area contributed by atoms with Crippen LogP contribution in [0, 0.1) is 0 Å². The second-order valence-corrected chi connectivity index (χ2v) is 4.05. The summed E-state index contributed by atoms with van der Waals surface area (Å²) in [6, 6.07) is 0. The van der Waals surface area contributed by atoms with E-state index in [2.05, 4.69) is 19.6 Å². The molecule has 0 spiro atoms. The molecule has 1 fully saturated rings. The second-order valence-electron chi connectivity index (χ2n) is 4.05. The van der Waals surface area contributed by atoms with Gasteiger partial charge in [-0.3, -0.25) is 4.79 Å². The minimum Gasteiger partial charge on any atom is -0.307 e. The predicted octanol–water partition coefficient (Wildman–Crippen LogP) is 2.23. The molecule has 1 atom stereocenters. The Kier molecular flexibility index (Phi) is 1.79. The van der Waals surface area contributed by atoms with E-state index in [9.17, 15) is 4.79 Å². The van der Waals surface area contributed by atoms with Gasteiger partial charge in [0, 0.05) is 5.70 Å². The molecule has 1 unspecified atom stereocenters. The first-order chi connectivity index (χ1) is 6.17. The molecular formula is C11H15NO. The normalized spacial score (nSPS) is 32.8. The van der Waals surface area contributed by atoms with Crippen LogP contribution >= 0.6 is 0 Å². The zero-order valence-electron chi connectivity index (χ0n) is 8.05. The molecule has 1 aliphatic carbocycles. The lowest BCUT2D eigenvalue weighted by atomic mass is 9.85. The van der Waals surface area contributed by atoms with Crippen molar-refractivity contribution < 1.29 is 4.79 Å². The van der Waals surface area contributed by atoms with Gasteiger partial charge in [-0.25, -0.2) is 0 Å². The number of rotatable bonds is 2. The van der Waals surface area contributed by atoms with Crippen molar-refractivity contribution in [3.8, 4) is 0 Å². The van der Waals surface area contributed by atoms with Gasteiger partial charge in [0.15, 0.2) is 0 Å². The number of amides is 1. The zero-order valence-corrected chi connectivity index (χ0v) is 8.05. The first-order valence-electron chi connectivity index (χ1n) is 4.83. The molecule has 0 aromatic rings. The maximum atomic E-state index is 11.4. The number of hydrogen-bond donors (Lipinski definition) is 0. The molecule has 1 heterocycles. The average molecular weight is 177 g/mol. The molecule has 0 bridgehead atoms. The van der Waals surface area contributed by atoms with E-state index < -0.39 is 0 Å². The van der Waals surface area contributed by atoms with E-state index in [0.29, 0.717) is 6.42 Å². The van der Waals surface area contributed by atoms with Gasteiger partial charge in [0.25, 0.3) is 0 Å². The van der Waals surface area contributed by atoms with Crippen LogP contribution in [0.2, 0.25) is 0 Å². The molecule has 13 heavy (non-hydrogen) atoms. The van der Waals surface area contributed by atoms with Crippen LogP contribution in [0.1, 0.15) is 32.6 Å². The number of likely N-dealkylation sites (tertiary alicyclic amines) is 1. The van der Waals surface area contributed by atoms with Crippen molar-refractivity contribution in [2.75, 3.05) is 0 Å². The van der Waals surface area contributed by atoms with Gasteiger partial charge in [-0.15, -0.1) is 6.58 Å². The summed E-state index contributed by atoms with van der Waals surface area (Å²) in [5, 5.41) is 0. The number of allylic oxidation sites excluding steroid dienone is 2. The summed E-state index contributed by atoms with van der Waals surface area (Å²) >= 11 is 0. The highest BCUT2D eigenvalue weighted by molar-refractivity contribution is 5.87. The quantitative estimate of drug-likeness (QED) is 0.468. The lowest BCUT2D eigenvalue weighted by Gasteiger charge is -2.48. The van der Waals surface area contributed by atoms with Crippen molar-refractivity contribution >= 4 is 5.91 Å². The number of carbonyl (C=O) groups excluding carboxylic acids is 1. The molecular weight excluding hydrogens is 162 g/mol. The molecule has 70 valence electrons. The summed E-state index contributed by atoms with van der Waals surface area (Å²) in [6.07, 6.45) is 8.04. The molecule has 0 N–H and O–H groups in total. The molecule has 0 aromatic carbocycles. The van der Waals surface area contributed by atoms with Crippen molar-refractivity contribution in [3.05, 3.63) is 24.4 Å². The molecule has 0 saturated carbocycles. The van der Waals surface area contributed by atoms with Gasteiger partial charge < -0.3 is 4.90 Å². The predicted molar refractivity (Wildman–Crippen MR) is 52.0 cm³/mol. The Labute approximate surface area is 78.9 Å². The highest BCUT2D eigenvalue weighted by Crippen LogP contribution is 2.39. The minimum absolute atomic E-state index is 0.104. The summed E-state index contributed by atoms with van der Waals surface area (Å²) in [6.45, 7) is 5.86. The maximum absolute atomic E-state index is 11.4. The van der Waals surface area contributed by atoms with Crippen LogP contribution in [-0.2, 0) is 4.79 Å². The molecule has 1 saturated heterocycles. The molecule has 0 radical (unpaired) electrons. The molecule has 2 heteroatoms. The summed E-state index contributed by atoms with van der Waals surface area (Å²) in [5.74, 6) is 0.246. The van der Waals surface area contributed by atoms with Crippen LogP contribution in [0.3, 0.4) is 0 Å². The lowest BCUT2D eigenvalue weighted by molar-refractivity contribution is -0.146. The largest absolute Gasteiger partial charge is 0.307 e. The van der Waals surface area contributed by atoms with Crippen LogP contribution in [0.5, 0.6) is 0 Å². The van der Waals surface area contributed by atoms with Gasteiger partial charge in [-0.1, -0.05) is 12.2 Å². The van der Waals surface area contributed by atoms with Crippen molar-refractivity contribution in [2.24, 2.45) is 0 Å². The van der Waals surface area contributed by atoms with E-state index in [0.717, 1.165) is 12.8 Å². The summed E-state index contributed by atoms with van der Waals surface area (Å²) in [7, 11) is 0. The van der Waals surface area contributed by atoms with Gasteiger partial charge in [-0.05, 0) is 26.2 Å². The Hall–Kier alpha value is -1.05. The topological polar surface area (TPSA) is 20.3 Å². The van der Waals surface area contributed by atoms with E-state index >= 15 is 0 Å². The third-order valence-corrected chi connectivity index (χ3v) is 3.01. The molecule has 2 nitrogen and oxygen atoms in total. The maximum Gasteiger partial charge on any atom is 0.230 e. The van der Waals surface area contributed by atoms with Gasteiger partial charge in [0.05, 0.1) is 12.0 Å². The van der Waals surface area contributed by atoms with Crippen molar-refractivity contribution in [3.63, 3.8) is 0 Å². The molecule has 0 aromatic heterocycles. The monoisotopic (exact) mass is 177 g/mol. The fraction of sp³-hybridized carbons (Fsp3) is 0.545. The Morgan fingerprint density at radius 3 is 2.92 bits per heavy atom. The van der Waals surface area contributed by atoms with Crippen molar-refractivity contribution in [2.45, 2.75) is 38.1 Å². The smallest absolute Gasteiger partial charge is 0.230 e. The first-order valence-corrected chi connectivity index (χ1v) is 4.83. The Morgan fingerprint density at radius 2 is 2.46 bits per heavy atom. The SMILES string of the molecule is C=CC1(C)CC(=O)N1C1=CCCC1. The van der Waals surface area contributed by atoms with E-state index in [4.69, 9.17) is 0 Å². The average Bonchev–Trinajstić information content (AvgIpc) is 2.56. The van der Waals surface area contributed by atoms with Crippen LogP contribution in [0.15, 0.2) is 24.4 Å². The van der Waals surface area contributed by atoms with Crippen molar-refractivity contribution in [1.29, 1.82) is 0 Å². The lowest BCUT2D eigenvalue weighted by Crippen LogP contribution is -2.59. The third kappa shape index (κ3) is 1.12. The third-order valence-electron chi connectivity index (χ3n) is 3.01. The number of hydrogen-bond acceptors (Lipinski definition) is 1. The van der Waals surface area contributed by atoms with Crippen LogP contribution in [0.4, 0.5) is 0 Å². The van der Waals surface area contributed by atoms with E-state index in [1.54, 1.807) is 0 Å². The van der Waals surface area contributed by atoms with E-state index in [1.165, 1.54) is 12.1 Å². The van der Waals surface area contributed by atoms with E-state index in [-0.39, 0.29) is 11.4 Å². The van der Waals surface area contributed by atoms with Gasteiger partial charge in [-0.2, -0.15) is 0 Å². The Bertz CT molecular complexity index is 292. The minimum atomic E-state index is -0.104. The van der Waals surface area contributed by atoms with Gasteiger partial charge >= 0.3 is 0 Å². The molecule has 2 rings (SSSR count). The van der Waals surface area contributed by atoms with Crippen LogP contribution in [-0.4, -0.2) is 16.3 Å². The number of nitrogens with zero attached hydrogens (tertiary/aromatic N) is 1. The van der Waals surface area contributed by atoms with Crippen LogP contribution in [0.25, 0.3) is 0 Å². The van der Waals surface area contributed by atoms with Gasteiger partial charge in [0.2, 0.25) is 5.91 Å². The van der Waals surface area contributed by atoms with Crippen molar-refractivity contribution in [1.82, 2.24) is 4.90 Å². The number of carbonyl (C=O) groups is 1. The summed E-state index contributed by atoms with van der Waals surface area (Å²) in [5.41, 5.74) is 1.10. The van der Waals surface area contributed by atoms with Crippen LogP contribution < -0.4 is 0 Å². The first kappa shape index (κ1) is 8.54. The molecule has 1 aliphatic heterocycles. The summed E-state index contributed by atoms with van der Waals surface area (Å²) in [4.78, 5) is 13.3. The van der Waals surface area contributed by atoms with E-state index in [1.807, 2.05) is 11.0 Å². The van der Waals surface area contributed by atoms with Gasteiger partial charge in [0.1, 0.15) is 0 Å². The standard InChI is InChI=1S/C11H15NO/c1-3-11(2)8-10(13)12(11)9-6-4-5-7-9/h3,6H,1,4-5,7-8H2,2H3. The highest BCUT2D eigenvalue weighted by atomic mass is 16.2. The second kappa shape index (κ2) is 2.72. The Morgan fingerprint density at radius 1 is 1.69 bits per heavy atom. The fourth-order valence-electron chi connectivity index (χ4n) is 2.17. The Balaban J connectivity index is 2.21.